The number of primary amides is 1. The molecular weight excluding hydrogens is 435 g/mol. The number of halogens is 3. The molecule has 0 unspecified atom stereocenters. The lowest BCUT2D eigenvalue weighted by Gasteiger charge is -2.19. The Morgan fingerprint density at radius 3 is 2.45 bits per heavy atom. The fraction of sp³-hybridized carbons (Fsp3) is 0.150. The Balaban J connectivity index is 0.000000339. The molecule has 2 aromatic heterocycles. The van der Waals surface area contributed by atoms with Crippen molar-refractivity contribution in [3.63, 3.8) is 0 Å². The van der Waals surface area contributed by atoms with Crippen molar-refractivity contribution < 1.29 is 32.6 Å². The second kappa shape index (κ2) is 9.04. The summed E-state index contributed by atoms with van der Waals surface area (Å²) in [4.78, 5) is 26.3. The van der Waals surface area contributed by atoms with E-state index in [0.717, 1.165) is 27.3 Å². The highest BCUT2D eigenvalue weighted by Gasteiger charge is 2.38. The Bertz CT molecular complexity index is 1100. The van der Waals surface area contributed by atoms with Crippen molar-refractivity contribution in [1.29, 1.82) is 0 Å². The number of aliphatic carboxylic acids is 1. The summed E-state index contributed by atoms with van der Waals surface area (Å²) < 4.78 is 37.7. The Hall–Kier alpha value is -3.60. The first-order valence-electron chi connectivity index (χ1n) is 8.79. The standard InChI is InChI=1S/C18H15N3O2S.C2HF3O2/c19-18(22)17-15(23-10-11-5-7-20-8-6-11)13-9-21-14-4-2-1-3-12(14)16(13)24-17;3-2(4,5)1(6)7/h1-8,21H,9-10H2,(H2,19,22);(H,6,7). The maximum atomic E-state index is 11.9. The van der Waals surface area contributed by atoms with Crippen LogP contribution in [0.15, 0.2) is 48.8 Å². The Kier molecular flexibility index (Phi) is 6.44. The largest absolute Gasteiger partial charge is 0.490 e. The number of hydrogen-bond acceptors (Lipinski definition) is 6. The number of thiophene rings is 1. The second-order valence-electron chi connectivity index (χ2n) is 6.28. The minimum Gasteiger partial charge on any atom is -0.487 e. The van der Waals surface area contributed by atoms with Gasteiger partial charge in [-0.15, -0.1) is 11.3 Å². The van der Waals surface area contributed by atoms with Crippen molar-refractivity contribution in [3.05, 3.63) is 64.8 Å². The quantitative estimate of drug-likeness (QED) is 0.552. The Labute approximate surface area is 178 Å². The third kappa shape index (κ3) is 5.12. The Morgan fingerprint density at radius 2 is 1.84 bits per heavy atom. The molecule has 11 heteroatoms. The smallest absolute Gasteiger partial charge is 0.487 e. The molecule has 0 fully saturated rings. The highest BCUT2D eigenvalue weighted by atomic mass is 32.1. The predicted octanol–water partition coefficient (Wildman–Crippen LogP) is 4.05. The molecule has 3 heterocycles. The van der Waals surface area contributed by atoms with Gasteiger partial charge in [0.15, 0.2) is 0 Å². The number of benzene rings is 1. The number of para-hydroxylation sites is 1. The molecule has 0 aliphatic carbocycles. The van der Waals surface area contributed by atoms with Gasteiger partial charge in [0.2, 0.25) is 0 Å². The molecule has 162 valence electrons. The number of amides is 1. The van der Waals surface area contributed by atoms with Gasteiger partial charge in [-0.05, 0) is 23.8 Å². The van der Waals surface area contributed by atoms with Gasteiger partial charge in [0, 0.05) is 40.6 Å². The van der Waals surface area contributed by atoms with Gasteiger partial charge in [0.05, 0.1) is 0 Å². The van der Waals surface area contributed by atoms with Crippen molar-refractivity contribution in [2.75, 3.05) is 5.32 Å². The number of rotatable bonds is 4. The van der Waals surface area contributed by atoms with Crippen LogP contribution in [0.25, 0.3) is 10.4 Å². The van der Waals surface area contributed by atoms with Gasteiger partial charge in [0.1, 0.15) is 17.2 Å². The average Bonchev–Trinajstić information content (AvgIpc) is 3.12. The van der Waals surface area contributed by atoms with Crippen LogP contribution in [-0.4, -0.2) is 28.1 Å². The van der Waals surface area contributed by atoms with Crippen molar-refractivity contribution in [2.24, 2.45) is 5.73 Å². The van der Waals surface area contributed by atoms with E-state index in [-0.39, 0.29) is 0 Å². The number of pyridine rings is 1. The number of carbonyl (C=O) groups is 2. The number of carbonyl (C=O) groups excluding carboxylic acids is 1. The maximum Gasteiger partial charge on any atom is 0.490 e. The highest BCUT2D eigenvalue weighted by Crippen LogP contribution is 2.47. The molecule has 0 saturated heterocycles. The lowest BCUT2D eigenvalue weighted by molar-refractivity contribution is -0.192. The van der Waals surface area contributed by atoms with E-state index >= 15 is 0 Å². The van der Waals surface area contributed by atoms with Crippen LogP contribution in [0.2, 0.25) is 0 Å². The van der Waals surface area contributed by atoms with Crippen molar-refractivity contribution in [3.8, 4) is 16.2 Å². The van der Waals surface area contributed by atoms with E-state index in [1.165, 1.54) is 11.3 Å². The average molecular weight is 451 g/mol. The number of carboxylic acids is 1. The van der Waals surface area contributed by atoms with Crippen molar-refractivity contribution in [1.82, 2.24) is 4.98 Å². The molecule has 0 bridgehead atoms. The Morgan fingerprint density at radius 1 is 1.19 bits per heavy atom. The van der Waals surface area contributed by atoms with E-state index in [4.69, 9.17) is 20.4 Å². The van der Waals surface area contributed by atoms with Gasteiger partial charge < -0.3 is 20.9 Å². The monoisotopic (exact) mass is 451 g/mol. The number of alkyl halides is 3. The zero-order valence-corrected chi connectivity index (χ0v) is 16.6. The van der Waals surface area contributed by atoms with Crippen LogP contribution in [0.5, 0.6) is 5.75 Å². The minimum atomic E-state index is -5.08. The third-order valence-electron chi connectivity index (χ3n) is 4.18. The van der Waals surface area contributed by atoms with Crippen LogP contribution in [0, 0.1) is 0 Å². The van der Waals surface area contributed by atoms with Gasteiger partial charge in [-0.3, -0.25) is 9.78 Å². The summed E-state index contributed by atoms with van der Waals surface area (Å²) in [6, 6.07) is 11.8. The number of ether oxygens (including phenoxy) is 1. The zero-order chi connectivity index (χ0) is 22.6. The van der Waals surface area contributed by atoms with E-state index < -0.39 is 18.1 Å². The molecule has 3 aromatic rings. The summed E-state index contributed by atoms with van der Waals surface area (Å²) in [6.07, 6.45) is -1.65. The van der Waals surface area contributed by atoms with Crippen LogP contribution in [0.3, 0.4) is 0 Å². The molecule has 4 rings (SSSR count). The summed E-state index contributed by atoms with van der Waals surface area (Å²) >= 11 is 1.40. The number of nitrogens with zero attached hydrogens (tertiary/aromatic N) is 1. The molecule has 0 atom stereocenters. The molecule has 0 radical (unpaired) electrons. The molecule has 0 spiro atoms. The molecule has 0 saturated carbocycles. The van der Waals surface area contributed by atoms with Gasteiger partial charge >= 0.3 is 12.1 Å². The molecule has 31 heavy (non-hydrogen) atoms. The number of aromatic nitrogens is 1. The molecular formula is C20H16F3N3O4S. The normalized spacial score (nSPS) is 11.8. The molecule has 1 amide bonds. The van der Waals surface area contributed by atoms with E-state index in [0.29, 0.717) is 23.8 Å². The number of carboxylic acid groups (broad SMARTS) is 1. The highest BCUT2D eigenvalue weighted by molar-refractivity contribution is 7.18. The SMILES string of the molecule is NC(=O)c1sc2c(c1OCc1ccncc1)CNc1ccccc1-2.O=C(O)C(F)(F)F. The van der Waals surface area contributed by atoms with E-state index in [1.807, 2.05) is 36.4 Å². The summed E-state index contributed by atoms with van der Waals surface area (Å²) in [5.74, 6) is -2.63. The summed E-state index contributed by atoms with van der Waals surface area (Å²) in [7, 11) is 0. The predicted molar refractivity (Wildman–Crippen MR) is 108 cm³/mol. The molecule has 1 aliphatic rings. The number of nitrogens with two attached hydrogens (primary N) is 1. The lowest BCUT2D eigenvalue weighted by atomic mass is 10.0. The van der Waals surface area contributed by atoms with Crippen LogP contribution in [-0.2, 0) is 17.9 Å². The number of anilines is 1. The molecule has 7 nitrogen and oxygen atoms in total. The minimum absolute atomic E-state index is 0.369. The second-order valence-corrected chi connectivity index (χ2v) is 7.30. The number of fused-ring (bicyclic) bond motifs is 3. The fourth-order valence-corrected chi connectivity index (χ4v) is 3.95. The van der Waals surface area contributed by atoms with Crippen LogP contribution in [0.1, 0.15) is 20.8 Å². The van der Waals surface area contributed by atoms with Crippen LogP contribution >= 0.6 is 11.3 Å². The number of hydrogen-bond donors (Lipinski definition) is 3. The zero-order valence-electron chi connectivity index (χ0n) is 15.8. The fourth-order valence-electron chi connectivity index (χ4n) is 2.80. The summed E-state index contributed by atoms with van der Waals surface area (Å²) in [6.45, 7) is 0.982. The first-order chi connectivity index (χ1) is 14.7. The molecule has 1 aromatic carbocycles. The third-order valence-corrected chi connectivity index (χ3v) is 5.45. The van der Waals surface area contributed by atoms with Gasteiger partial charge in [-0.25, -0.2) is 4.79 Å². The van der Waals surface area contributed by atoms with Crippen molar-refractivity contribution in [2.45, 2.75) is 19.3 Å². The lowest BCUT2D eigenvalue weighted by Crippen LogP contribution is -2.21. The van der Waals surface area contributed by atoms with E-state index in [1.54, 1.807) is 12.4 Å². The van der Waals surface area contributed by atoms with Crippen LogP contribution < -0.4 is 15.8 Å². The topological polar surface area (TPSA) is 115 Å². The van der Waals surface area contributed by atoms with Gasteiger partial charge in [-0.2, -0.15) is 13.2 Å². The van der Waals surface area contributed by atoms with Gasteiger partial charge in [0.25, 0.3) is 5.91 Å². The van der Waals surface area contributed by atoms with E-state index in [9.17, 15) is 18.0 Å². The van der Waals surface area contributed by atoms with Gasteiger partial charge in [-0.1, -0.05) is 18.2 Å². The number of nitrogens with one attached hydrogen (secondary N) is 1. The van der Waals surface area contributed by atoms with Crippen molar-refractivity contribution >= 4 is 28.9 Å². The maximum absolute atomic E-state index is 11.9. The summed E-state index contributed by atoms with van der Waals surface area (Å²) in [5, 5.41) is 10.5. The van der Waals surface area contributed by atoms with Crippen LogP contribution in [0.4, 0.5) is 18.9 Å². The van der Waals surface area contributed by atoms with E-state index in [2.05, 4.69) is 10.3 Å². The molecule has 1 aliphatic heterocycles. The first-order valence-corrected chi connectivity index (χ1v) is 9.60. The molecule has 4 N–H and O–H groups in total. The first kappa shape index (κ1) is 22.1. The summed E-state index contributed by atoms with van der Waals surface area (Å²) in [5.41, 5.74) is 9.69.